The van der Waals surface area contributed by atoms with Crippen LogP contribution >= 0.6 is 0 Å². The molecule has 4 aromatic rings. The quantitative estimate of drug-likeness (QED) is 0.395. The van der Waals surface area contributed by atoms with Crippen LogP contribution in [0, 0.1) is 0 Å². The Morgan fingerprint density at radius 3 is 2.24 bits per heavy atom. The Bertz CT molecular complexity index is 1240. The number of aliphatic hydroxyl groups is 1. The summed E-state index contributed by atoms with van der Waals surface area (Å²) in [6.45, 7) is -0.532. The molecule has 0 saturated heterocycles. The topological polar surface area (TPSA) is 97.5 Å². The van der Waals surface area contributed by atoms with E-state index in [4.69, 9.17) is 9.26 Å². The summed E-state index contributed by atoms with van der Waals surface area (Å²) in [7, 11) is 0. The molecule has 0 spiro atoms. The molecule has 0 aliphatic rings. The van der Waals surface area contributed by atoms with Gasteiger partial charge in [0.25, 0.3) is 11.8 Å². The van der Waals surface area contributed by atoms with Crippen LogP contribution in [-0.2, 0) is 6.18 Å². The lowest BCUT2D eigenvalue weighted by Gasteiger charge is -2.12. The first-order chi connectivity index (χ1) is 16.3. The molecule has 1 amide bonds. The number of nitrogens with zero attached hydrogens (tertiary/aromatic N) is 2. The number of rotatable bonds is 7. The Kier molecular flexibility index (Phi) is 6.60. The van der Waals surface area contributed by atoms with Crippen LogP contribution in [0.15, 0.2) is 83.4 Å². The van der Waals surface area contributed by atoms with Crippen LogP contribution in [-0.4, -0.2) is 27.8 Å². The highest BCUT2D eigenvalue weighted by molar-refractivity contribution is 5.94. The van der Waals surface area contributed by atoms with Crippen LogP contribution < -0.4 is 10.1 Å². The van der Waals surface area contributed by atoms with Crippen molar-refractivity contribution in [3.8, 4) is 22.9 Å². The Balaban J connectivity index is 1.42. The van der Waals surface area contributed by atoms with Crippen molar-refractivity contribution >= 4 is 5.91 Å². The molecule has 174 valence electrons. The summed E-state index contributed by atoms with van der Waals surface area (Å²) in [6.07, 6.45) is -4.46. The normalized spacial score (nSPS) is 12.2. The molecule has 34 heavy (non-hydrogen) atoms. The van der Waals surface area contributed by atoms with Gasteiger partial charge < -0.3 is 19.7 Å². The summed E-state index contributed by atoms with van der Waals surface area (Å²) in [5.74, 6) is 0.632. The maximum Gasteiger partial charge on any atom is 0.416 e. The van der Waals surface area contributed by atoms with Gasteiger partial charge in [-0.2, -0.15) is 18.2 Å². The van der Waals surface area contributed by atoms with E-state index in [2.05, 4.69) is 15.5 Å². The Hall–Kier alpha value is -4.18. The fraction of sp³-hybridized carbons (Fsp3) is 0.125. The Morgan fingerprint density at radius 1 is 0.971 bits per heavy atom. The van der Waals surface area contributed by atoms with Gasteiger partial charge in [0.05, 0.1) is 12.2 Å². The minimum Gasteiger partial charge on any atom is -0.457 e. The second-order valence-electron chi connectivity index (χ2n) is 7.18. The molecule has 3 aromatic carbocycles. The molecule has 0 bridgehead atoms. The Labute approximate surface area is 191 Å². The van der Waals surface area contributed by atoms with Gasteiger partial charge in [-0.15, -0.1) is 0 Å². The summed E-state index contributed by atoms with van der Waals surface area (Å²) >= 11 is 0. The number of amides is 1. The van der Waals surface area contributed by atoms with Crippen LogP contribution in [0.1, 0.15) is 27.9 Å². The van der Waals surface area contributed by atoms with E-state index in [9.17, 15) is 23.1 Å². The first kappa shape index (κ1) is 23.0. The summed E-state index contributed by atoms with van der Waals surface area (Å²) in [5, 5.41) is 16.0. The van der Waals surface area contributed by atoms with E-state index < -0.39 is 30.3 Å². The molecule has 7 nitrogen and oxygen atoms in total. The lowest BCUT2D eigenvalue weighted by Crippen LogP contribution is -2.31. The first-order valence-corrected chi connectivity index (χ1v) is 10.1. The monoisotopic (exact) mass is 469 g/mol. The largest absolute Gasteiger partial charge is 0.457 e. The predicted molar refractivity (Wildman–Crippen MR) is 115 cm³/mol. The average molecular weight is 469 g/mol. The van der Waals surface area contributed by atoms with Crippen molar-refractivity contribution in [3.05, 3.63) is 95.9 Å². The molecular weight excluding hydrogens is 451 g/mol. The summed E-state index contributed by atoms with van der Waals surface area (Å²) in [6, 6.07) is 18.8. The van der Waals surface area contributed by atoms with Gasteiger partial charge in [-0.25, -0.2) is 0 Å². The van der Waals surface area contributed by atoms with Crippen molar-refractivity contribution in [2.45, 2.75) is 12.2 Å². The van der Waals surface area contributed by atoms with Crippen molar-refractivity contribution in [2.24, 2.45) is 0 Å². The van der Waals surface area contributed by atoms with E-state index in [0.29, 0.717) is 22.6 Å². The van der Waals surface area contributed by atoms with Crippen molar-refractivity contribution in [1.82, 2.24) is 15.5 Å². The van der Waals surface area contributed by atoms with Crippen LogP contribution in [0.25, 0.3) is 11.4 Å². The fourth-order valence-corrected chi connectivity index (χ4v) is 3.03. The van der Waals surface area contributed by atoms with Gasteiger partial charge >= 0.3 is 6.18 Å². The van der Waals surface area contributed by atoms with Gasteiger partial charge in [0.1, 0.15) is 17.5 Å². The summed E-state index contributed by atoms with van der Waals surface area (Å²) < 4.78 is 49.0. The van der Waals surface area contributed by atoms with Gasteiger partial charge in [-0.3, -0.25) is 4.79 Å². The highest BCUT2D eigenvalue weighted by atomic mass is 19.4. The second-order valence-corrected chi connectivity index (χ2v) is 7.18. The number of carbonyl (C=O) groups is 1. The molecule has 0 saturated carbocycles. The lowest BCUT2D eigenvalue weighted by atomic mass is 10.1. The minimum atomic E-state index is -4.46. The molecule has 1 atom stereocenters. The number of hydrogen-bond acceptors (Lipinski definition) is 6. The number of para-hydroxylation sites is 1. The summed E-state index contributed by atoms with van der Waals surface area (Å²) in [5.41, 5.74) is -0.206. The third-order valence-corrected chi connectivity index (χ3v) is 4.79. The molecule has 4 rings (SSSR count). The van der Waals surface area contributed by atoms with Crippen molar-refractivity contribution in [1.29, 1.82) is 0 Å². The minimum absolute atomic E-state index is 0.0267. The third-order valence-electron chi connectivity index (χ3n) is 4.79. The number of benzene rings is 3. The standard InChI is InChI=1S/C24H18F3N3O4/c25-24(26,27)17-10-6-15(7-11-17)21-29-23(34-30-21)20(14-31)28-22(32)16-8-12-19(13-9-16)33-18-4-2-1-3-5-18/h1-13,20,31H,14H2,(H,28,32)/t20-/m0/s1. The molecule has 0 radical (unpaired) electrons. The molecule has 1 heterocycles. The predicted octanol–water partition coefficient (Wildman–Crippen LogP) is 5.01. The van der Waals surface area contributed by atoms with E-state index in [1.807, 2.05) is 18.2 Å². The van der Waals surface area contributed by atoms with Gasteiger partial charge in [0.15, 0.2) is 0 Å². The molecule has 0 fully saturated rings. The third kappa shape index (κ3) is 5.41. The lowest BCUT2D eigenvalue weighted by molar-refractivity contribution is -0.137. The van der Waals surface area contributed by atoms with Gasteiger partial charge in [0.2, 0.25) is 5.82 Å². The maximum absolute atomic E-state index is 12.7. The number of nitrogens with one attached hydrogen (secondary N) is 1. The number of carbonyl (C=O) groups excluding carboxylic acids is 1. The molecule has 0 aliphatic heterocycles. The first-order valence-electron chi connectivity index (χ1n) is 10.1. The van der Waals surface area contributed by atoms with Gasteiger partial charge in [-0.05, 0) is 48.5 Å². The van der Waals surface area contributed by atoms with Gasteiger partial charge in [-0.1, -0.05) is 35.5 Å². The Morgan fingerprint density at radius 2 is 1.62 bits per heavy atom. The molecular formula is C24H18F3N3O4. The SMILES string of the molecule is O=C(N[C@@H](CO)c1nc(-c2ccc(C(F)(F)F)cc2)no1)c1ccc(Oc2ccccc2)cc1. The second kappa shape index (κ2) is 9.75. The van der Waals surface area contributed by atoms with E-state index in [1.54, 1.807) is 36.4 Å². The molecule has 2 N–H and O–H groups in total. The van der Waals surface area contributed by atoms with Crippen molar-refractivity contribution in [2.75, 3.05) is 6.61 Å². The van der Waals surface area contributed by atoms with E-state index in [0.717, 1.165) is 12.1 Å². The zero-order valence-electron chi connectivity index (χ0n) is 17.5. The van der Waals surface area contributed by atoms with E-state index in [-0.39, 0.29) is 11.7 Å². The van der Waals surface area contributed by atoms with Crippen molar-refractivity contribution < 1.29 is 32.3 Å². The molecule has 0 unspecified atom stereocenters. The maximum atomic E-state index is 12.7. The summed E-state index contributed by atoms with van der Waals surface area (Å²) in [4.78, 5) is 16.7. The van der Waals surface area contributed by atoms with Crippen LogP contribution in [0.3, 0.4) is 0 Å². The van der Waals surface area contributed by atoms with E-state index >= 15 is 0 Å². The van der Waals surface area contributed by atoms with Crippen LogP contribution in [0.4, 0.5) is 13.2 Å². The zero-order valence-corrected chi connectivity index (χ0v) is 17.5. The van der Waals surface area contributed by atoms with E-state index in [1.165, 1.54) is 12.1 Å². The highest BCUT2D eigenvalue weighted by Gasteiger charge is 2.30. The number of alkyl halides is 3. The zero-order chi connectivity index (χ0) is 24.1. The fourth-order valence-electron chi connectivity index (χ4n) is 3.03. The van der Waals surface area contributed by atoms with Crippen molar-refractivity contribution in [3.63, 3.8) is 0 Å². The van der Waals surface area contributed by atoms with Gasteiger partial charge in [0, 0.05) is 11.1 Å². The number of hydrogen-bond donors (Lipinski definition) is 2. The van der Waals surface area contributed by atoms with Crippen LogP contribution in [0.5, 0.6) is 11.5 Å². The smallest absolute Gasteiger partial charge is 0.416 e. The number of aromatic nitrogens is 2. The number of halogens is 3. The molecule has 0 aliphatic carbocycles. The number of ether oxygens (including phenoxy) is 1. The number of aliphatic hydroxyl groups excluding tert-OH is 1. The molecule has 1 aromatic heterocycles. The average Bonchev–Trinajstić information content (AvgIpc) is 3.33. The van der Waals surface area contributed by atoms with Crippen LogP contribution in [0.2, 0.25) is 0 Å². The molecule has 10 heteroatoms. The highest BCUT2D eigenvalue weighted by Crippen LogP contribution is 2.30.